The number of ether oxygens (including phenoxy) is 4. The molecule has 6 rings (SSSR count). The molecule has 1 aromatic heterocycles. The van der Waals surface area contributed by atoms with Gasteiger partial charge in [0.05, 0.1) is 32.6 Å². The van der Waals surface area contributed by atoms with E-state index in [-0.39, 0.29) is 44.1 Å². The first-order chi connectivity index (χ1) is 24.4. The summed E-state index contributed by atoms with van der Waals surface area (Å²) in [4.78, 5) is 0. The highest BCUT2D eigenvalue weighted by Gasteiger charge is 2.57. The third kappa shape index (κ3) is 7.85. The molecule has 0 bridgehead atoms. The van der Waals surface area contributed by atoms with E-state index in [1.807, 2.05) is 91.0 Å². The van der Waals surface area contributed by atoms with Crippen molar-refractivity contribution in [2.75, 3.05) is 6.61 Å². The van der Waals surface area contributed by atoms with E-state index in [9.17, 15) is 18.4 Å². The van der Waals surface area contributed by atoms with Gasteiger partial charge in [-0.2, -0.15) is 5.26 Å². The van der Waals surface area contributed by atoms with Gasteiger partial charge in [-0.3, -0.25) is 0 Å². The van der Waals surface area contributed by atoms with Crippen molar-refractivity contribution >= 4 is 0 Å². The van der Waals surface area contributed by atoms with Crippen molar-refractivity contribution in [3.8, 4) is 17.3 Å². The van der Waals surface area contributed by atoms with Crippen molar-refractivity contribution in [2.45, 2.75) is 56.2 Å². The van der Waals surface area contributed by atoms with Crippen molar-refractivity contribution in [3.63, 3.8) is 0 Å². The smallest absolute Gasteiger partial charge is 0.194 e. The van der Waals surface area contributed by atoms with Crippen molar-refractivity contribution < 1.29 is 32.1 Å². The molecular formula is C39H35F3N4O4. The fraction of sp³-hybridized carbons (Fsp3) is 0.256. The number of halogens is 3. The van der Waals surface area contributed by atoms with E-state index in [0.29, 0.717) is 0 Å². The van der Waals surface area contributed by atoms with Crippen LogP contribution in [0.15, 0.2) is 122 Å². The fourth-order valence-electron chi connectivity index (χ4n) is 6.10. The second-order valence-corrected chi connectivity index (χ2v) is 12.0. The van der Waals surface area contributed by atoms with Crippen molar-refractivity contribution in [1.29, 1.82) is 5.26 Å². The van der Waals surface area contributed by atoms with Gasteiger partial charge in [0.1, 0.15) is 36.1 Å². The maximum atomic E-state index is 14.3. The Balaban J connectivity index is 1.43. The Hall–Kier alpha value is -5.12. The predicted molar refractivity (Wildman–Crippen MR) is 179 cm³/mol. The monoisotopic (exact) mass is 680 g/mol. The molecule has 5 atom stereocenters. The molecule has 0 spiro atoms. The minimum atomic E-state index is -1.59. The highest BCUT2D eigenvalue weighted by molar-refractivity contribution is 5.58. The van der Waals surface area contributed by atoms with Gasteiger partial charge in [0.2, 0.25) is 0 Å². The van der Waals surface area contributed by atoms with Crippen LogP contribution in [0.3, 0.4) is 0 Å². The number of aromatic nitrogens is 3. The minimum absolute atomic E-state index is 0.0244. The molecule has 0 N–H and O–H groups in total. The summed E-state index contributed by atoms with van der Waals surface area (Å²) >= 11 is 0. The Morgan fingerprint density at radius 1 is 0.840 bits per heavy atom. The molecule has 1 aliphatic heterocycles. The number of nitriles is 1. The van der Waals surface area contributed by atoms with E-state index in [4.69, 9.17) is 18.9 Å². The summed E-state index contributed by atoms with van der Waals surface area (Å²) in [6.07, 6.45) is 0.455. The molecule has 0 radical (unpaired) electrons. The first-order valence-electron chi connectivity index (χ1n) is 16.1. The largest absolute Gasteiger partial charge is 0.374 e. The van der Waals surface area contributed by atoms with Crippen LogP contribution in [0.25, 0.3) is 11.3 Å². The second-order valence-electron chi connectivity index (χ2n) is 12.0. The molecular weight excluding hydrogens is 645 g/mol. The third-order valence-electron chi connectivity index (χ3n) is 8.52. The molecule has 0 unspecified atom stereocenters. The average molecular weight is 681 g/mol. The van der Waals surface area contributed by atoms with Crippen LogP contribution < -0.4 is 0 Å². The standard InChI is InChI=1S/C39H35F3N4O4/c1-2-18-39(26-43)38(49-24-29-16-10-5-11-17-29)36(46-21-33(44-45-46)30-19-31(40)35(42)32(41)20-30)37(48-23-28-14-8-4-9-15-28)34(50-39)25-47-22-27-12-6-3-7-13-27/h2-17,19-21,34,36-38H,1,18,22-25H2/t34-,36+,37+,38-,39-/m1/s1. The number of hydrogen-bond donors (Lipinski definition) is 0. The van der Waals surface area contributed by atoms with E-state index in [0.717, 1.165) is 28.8 Å². The summed E-state index contributed by atoms with van der Waals surface area (Å²) in [6, 6.07) is 31.8. The van der Waals surface area contributed by atoms with Crippen LogP contribution in [0.1, 0.15) is 29.2 Å². The molecule has 50 heavy (non-hydrogen) atoms. The third-order valence-corrected chi connectivity index (χ3v) is 8.52. The van der Waals surface area contributed by atoms with E-state index < -0.39 is 47.4 Å². The van der Waals surface area contributed by atoms with Gasteiger partial charge in [0, 0.05) is 12.0 Å². The highest BCUT2D eigenvalue weighted by atomic mass is 19.2. The molecule has 8 nitrogen and oxygen atoms in total. The summed E-state index contributed by atoms with van der Waals surface area (Å²) in [5.74, 6) is -4.31. The summed E-state index contributed by atoms with van der Waals surface area (Å²) in [5.41, 5.74) is 1.14. The van der Waals surface area contributed by atoms with E-state index in [1.165, 1.54) is 10.9 Å². The van der Waals surface area contributed by atoms with Crippen LogP contribution in [-0.2, 0) is 38.8 Å². The van der Waals surface area contributed by atoms with E-state index in [1.54, 1.807) is 6.08 Å². The Morgan fingerprint density at radius 2 is 1.40 bits per heavy atom. The number of benzene rings is 4. The lowest BCUT2D eigenvalue weighted by molar-refractivity contribution is -0.263. The Kier molecular flexibility index (Phi) is 11.2. The van der Waals surface area contributed by atoms with Crippen molar-refractivity contribution in [1.82, 2.24) is 15.0 Å². The first-order valence-corrected chi connectivity index (χ1v) is 16.1. The molecule has 0 aliphatic carbocycles. The number of rotatable bonds is 14. The van der Waals surface area contributed by atoms with E-state index in [2.05, 4.69) is 23.0 Å². The Labute approximate surface area is 288 Å². The zero-order valence-corrected chi connectivity index (χ0v) is 27.1. The van der Waals surface area contributed by atoms with Crippen LogP contribution in [0.2, 0.25) is 0 Å². The minimum Gasteiger partial charge on any atom is -0.374 e. The lowest BCUT2D eigenvalue weighted by Gasteiger charge is -2.49. The lowest BCUT2D eigenvalue weighted by Crippen LogP contribution is -2.63. The maximum absolute atomic E-state index is 14.3. The molecule has 4 aromatic carbocycles. The zero-order chi connectivity index (χ0) is 34.9. The van der Waals surface area contributed by atoms with Gasteiger partial charge >= 0.3 is 0 Å². The molecule has 5 aromatic rings. The molecule has 2 heterocycles. The zero-order valence-electron chi connectivity index (χ0n) is 27.1. The van der Waals surface area contributed by atoms with Crippen LogP contribution in [0, 0.1) is 28.8 Å². The Bertz CT molecular complexity index is 1880. The summed E-state index contributed by atoms with van der Waals surface area (Å²) in [7, 11) is 0. The average Bonchev–Trinajstić information content (AvgIpc) is 3.64. The molecule has 1 aliphatic rings. The quantitative estimate of drug-likeness (QED) is 0.0885. The first kappa shape index (κ1) is 34.7. The van der Waals surface area contributed by atoms with Crippen LogP contribution >= 0.6 is 0 Å². The molecule has 256 valence electrons. The molecule has 0 amide bonds. The highest BCUT2D eigenvalue weighted by Crippen LogP contribution is 2.43. The topological polar surface area (TPSA) is 91.4 Å². The normalized spacial score (nSPS) is 21.8. The maximum Gasteiger partial charge on any atom is 0.194 e. The molecule has 0 saturated carbocycles. The van der Waals surface area contributed by atoms with Gasteiger partial charge in [-0.05, 0) is 28.8 Å². The van der Waals surface area contributed by atoms with Gasteiger partial charge in [-0.25, -0.2) is 17.9 Å². The van der Waals surface area contributed by atoms with Gasteiger partial charge in [0.15, 0.2) is 23.1 Å². The van der Waals surface area contributed by atoms with Crippen molar-refractivity contribution in [2.24, 2.45) is 0 Å². The summed E-state index contributed by atoms with van der Waals surface area (Å²) in [5, 5.41) is 19.4. The van der Waals surface area contributed by atoms with Gasteiger partial charge in [-0.15, -0.1) is 11.7 Å². The van der Waals surface area contributed by atoms with E-state index >= 15 is 0 Å². The number of nitrogens with zero attached hydrogens (tertiary/aromatic N) is 4. The molecule has 11 heteroatoms. The second kappa shape index (κ2) is 16.1. The lowest BCUT2D eigenvalue weighted by atomic mass is 9.81. The van der Waals surface area contributed by atoms with Crippen molar-refractivity contribution in [3.05, 3.63) is 156 Å². The Morgan fingerprint density at radius 3 is 1.96 bits per heavy atom. The van der Waals surface area contributed by atoms with Gasteiger partial charge < -0.3 is 18.9 Å². The number of hydrogen-bond acceptors (Lipinski definition) is 7. The molecule has 1 saturated heterocycles. The fourth-order valence-corrected chi connectivity index (χ4v) is 6.10. The van der Waals surface area contributed by atoms with Crippen LogP contribution in [0.4, 0.5) is 13.2 Å². The van der Waals surface area contributed by atoms with Gasteiger partial charge in [0.25, 0.3) is 0 Å². The summed E-state index contributed by atoms with van der Waals surface area (Å²) in [6.45, 7) is 4.50. The van der Waals surface area contributed by atoms with Crippen LogP contribution in [0.5, 0.6) is 0 Å². The van der Waals surface area contributed by atoms with Gasteiger partial charge in [-0.1, -0.05) is 102 Å². The van der Waals surface area contributed by atoms with Crippen LogP contribution in [-0.4, -0.2) is 45.5 Å². The summed E-state index contributed by atoms with van der Waals surface area (Å²) < 4.78 is 69.9. The SMILES string of the molecule is C=CC[C@]1(C#N)O[C@H](COCc2ccccc2)[C@H](OCc2ccccc2)[C@H](n2cc(-c3cc(F)c(F)c(F)c3)nn2)[C@H]1OCc1ccccc1. The predicted octanol–water partition coefficient (Wildman–Crippen LogP) is 7.53. The molecule has 1 fully saturated rings.